The Morgan fingerprint density at radius 2 is 2.12 bits per heavy atom. The molecule has 1 aromatic carbocycles. The number of aliphatic hydroxyl groups excluding tert-OH is 1. The second kappa shape index (κ2) is 7.72. The van der Waals surface area contributed by atoms with Gasteiger partial charge in [0.2, 0.25) is 11.8 Å². The van der Waals surface area contributed by atoms with Gasteiger partial charge >= 0.3 is 0 Å². The number of nitrogens with zero attached hydrogens (tertiary/aromatic N) is 5. The zero-order valence-electron chi connectivity index (χ0n) is 13.6. The highest BCUT2D eigenvalue weighted by atomic mass is 16.6. The van der Waals surface area contributed by atoms with E-state index in [2.05, 4.69) is 15.0 Å². The van der Waals surface area contributed by atoms with Crippen molar-refractivity contribution in [2.24, 2.45) is 0 Å². The van der Waals surface area contributed by atoms with Crippen LogP contribution in [0.1, 0.15) is 5.56 Å². The van der Waals surface area contributed by atoms with Crippen LogP contribution in [0, 0.1) is 10.1 Å². The van der Waals surface area contributed by atoms with E-state index in [0.717, 1.165) is 0 Å². The van der Waals surface area contributed by atoms with Crippen molar-refractivity contribution in [3.63, 3.8) is 0 Å². The summed E-state index contributed by atoms with van der Waals surface area (Å²) < 4.78 is 12.5. The average Bonchev–Trinajstić information content (AvgIpc) is 3.03. The highest BCUT2D eigenvalue weighted by Crippen LogP contribution is 2.25. The minimum atomic E-state index is -0.476. The second-order valence-corrected chi connectivity index (χ2v) is 5.21. The molecule has 0 saturated heterocycles. The number of hydrogen-bond acceptors (Lipinski definition) is 9. The van der Waals surface area contributed by atoms with Gasteiger partial charge in [0.25, 0.3) is 5.69 Å². The minimum absolute atomic E-state index is 0.0287. The molecular formula is C15H16N6O5. The van der Waals surface area contributed by atoms with Crippen LogP contribution in [0.5, 0.6) is 5.88 Å². The number of anilines is 1. The number of nitro groups is 1. The van der Waals surface area contributed by atoms with Crippen LogP contribution in [0.25, 0.3) is 11.2 Å². The van der Waals surface area contributed by atoms with Crippen molar-refractivity contribution in [2.45, 2.75) is 13.3 Å². The van der Waals surface area contributed by atoms with Crippen LogP contribution in [0.4, 0.5) is 11.6 Å². The molecule has 0 amide bonds. The van der Waals surface area contributed by atoms with Crippen LogP contribution in [-0.4, -0.2) is 42.8 Å². The molecule has 0 radical (unpaired) electrons. The van der Waals surface area contributed by atoms with Gasteiger partial charge in [-0.15, -0.1) is 0 Å². The summed E-state index contributed by atoms with van der Waals surface area (Å²) >= 11 is 0. The Labute approximate surface area is 147 Å². The Kier molecular flexibility index (Phi) is 5.20. The van der Waals surface area contributed by atoms with Gasteiger partial charge in [0.1, 0.15) is 13.3 Å². The van der Waals surface area contributed by atoms with Gasteiger partial charge in [0.05, 0.1) is 30.0 Å². The number of nitrogen functional groups attached to an aromatic ring is 1. The quantitative estimate of drug-likeness (QED) is 0.338. The van der Waals surface area contributed by atoms with E-state index in [9.17, 15) is 10.1 Å². The molecule has 0 saturated carbocycles. The average molecular weight is 360 g/mol. The lowest BCUT2D eigenvalue weighted by Gasteiger charge is -2.08. The number of aliphatic hydroxyl groups is 1. The van der Waals surface area contributed by atoms with Crippen molar-refractivity contribution in [3.8, 4) is 5.88 Å². The van der Waals surface area contributed by atoms with E-state index in [0.29, 0.717) is 16.7 Å². The summed E-state index contributed by atoms with van der Waals surface area (Å²) in [7, 11) is 0. The summed E-state index contributed by atoms with van der Waals surface area (Å²) in [5.74, 6) is 0.0885. The lowest BCUT2D eigenvalue weighted by atomic mass is 10.2. The largest absolute Gasteiger partial charge is 0.471 e. The standard InChI is InChI=1S/C15H16N6O5/c16-15-18-13-12(17-8-20(13)9-25-6-5-22)14(19-15)26-7-10-3-1-2-4-11(10)21(23)24/h1-4,8,22H,5-7,9H2,(H2,16,18,19). The molecule has 3 rings (SSSR count). The Morgan fingerprint density at radius 3 is 2.88 bits per heavy atom. The fourth-order valence-corrected chi connectivity index (χ4v) is 2.31. The molecule has 0 atom stereocenters. The number of rotatable bonds is 8. The van der Waals surface area contributed by atoms with Gasteiger partial charge in [-0.2, -0.15) is 9.97 Å². The third-order valence-electron chi connectivity index (χ3n) is 3.47. The molecule has 0 spiro atoms. The number of fused-ring (bicyclic) bond motifs is 1. The summed E-state index contributed by atoms with van der Waals surface area (Å²) in [6.45, 7) is 0.114. The van der Waals surface area contributed by atoms with Gasteiger partial charge < -0.3 is 20.3 Å². The Balaban J connectivity index is 1.85. The molecule has 0 unspecified atom stereocenters. The lowest BCUT2D eigenvalue weighted by molar-refractivity contribution is -0.385. The van der Waals surface area contributed by atoms with Crippen molar-refractivity contribution in [1.29, 1.82) is 0 Å². The molecular weight excluding hydrogens is 344 g/mol. The molecule has 11 nitrogen and oxygen atoms in total. The summed E-state index contributed by atoms with van der Waals surface area (Å²) in [6.07, 6.45) is 1.48. The summed E-state index contributed by atoms with van der Waals surface area (Å²) in [5.41, 5.74) is 6.82. The van der Waals surface area contributed by atoms with Gasteiger partial charge in [-0.25, -0.2) is 4.98 Å². The minimum Gasteiger partial charge on any atom is -0.471 e. The first kappa shape index (κ1) is 17.5. The zero-order valence-corrected chi connectivity index (χ0v) is 13.6. The smallest absolute Gasteiger partial charge is 0.276 e. The third-order valence-corrected chi connectivity index (χ3v) is 3.47. The molecule has 2 heterocycles. The van der Waals surface area contributed by atoms with Gasteiger partial charge in [0, 0.05) is 6.07 Å². The fraction of sp³-hybridized carbons (Fsp3) is 0.267. The summed E-state index contributed by atoms with van der Waals surface area (Å²) in [6, 6.07) is 6.26. The molecule has 0 aliphatic rings. The van der Waals surface area contributed by atoms with Crippen molar-refractivity contribution in [2.75, 3.05) is 18.9 Å². The second-order valence-electron chi connectivity index (χ2n) is 5.21. The SMILES string of the molecule is Nc1nc(OCc2ccccc2[N+](=O)[O-])c2ncn(COCCO)c2n1. The normalized spacial score (nSPS) is 11.0. The molecule has 11 heteroatoms. The van der Waals surface area contributed by atoms with Gasteiger partial charge in [-0.3, -0.25) is 14.7 Å². The van der Waals surface area contributed by atoms with E-state index < -0.39 is 4.92 Å². The Hall–Kier alpha value is -3.31. The van der Waals surface area contributed by atoms with Gasteiger partial charge in [-0.1, -0.05) is 12.1 Å². The number of nitrogens with two attached hydrogens (primary N) is 1. The number of aromatic nitrogens is 4. The lowest BCUT2D eigenvalue weighted by Crippen LogP contribution is -2.07. The van der Waals surface area contributed by atoms with Crippen molar-refractivity contribution >= 4 is 22.8 Å². The van der Waals surface area contributed by atoms with Crippen LogP contribution < -0.4 is 10.5 Å². The van der Waals surface area contributed by atoms with Gasteiger partial charge in [0.15, 0.2) is 11.2 Å². The maximum atomic E-state index is 11.1. The van der Waals surface area contributed by atoms with Crippen LogP contribution in [0.3, 0.4) is 0 Å². The first-order chi connectivity index (χ1) is 12.6. The van der Waals surface area contributed by atoms with E-state index >= 15 is 0 Å². The summed E-state index contributed by atoms with van der Waals surface area (Å²) in [5, 5.41) is 19.9. The number of benzene rings is 1. The topological polar surface area (TPSA) is 151 Å². The highest BCUT2D eigenvalue weighted by molar-refractivity contribution is 5.77. The third kappa shape index (κ3) is 3.68. The van der Waals surface area contributed by atoms with Crippen LogP contribution in [0.15, 0.2) is 30.6 Å². The molecule has 0 fully saturated rings. The zero-order chi connectivity index (χ0) is 18.5. The number of ether oxygens (including phenoxy) is 2. The molecule has 136 valence electrons. The number of imidazole rings is 1. The predicted octanol–water partition coefficient (Wildman–Crippen LogP) is 0.862. The molecule has 26 heavy (non-hydrogen) atoms. The van der Waals surface area contributed by atoms with Crippen molar-refractivity contribution in [1.82, 2.24) is 19.5 Å². The molecule has 3 N–H and O–H groups in total. The van der Waals surface area contributed by atoms with Crippen LogP contribution in [-0.2, 0) is 18.1 Å². The fourth-order valence-electron chi connectivity index (χ4n) is 2.31. The maximum Gasteiger partial charge on any atom is 0.276 e. The predicted molar refractivity (Wildman–Crippen MR) is 90.2 cm³/mol. The highest BCUT2D eigenvalue weighted by Gasteiger charge is 2.17. The molecule has 0 bridgehead atoms. The number of para-hydroxylation sites is 1. The van der Waals surface area contributed by atoms with Crippen LogP contribution in [0.2, 0.25) is 0 Å². The number of nitro benzene ring substituents is 1. The first-order valence-corrected chi connectivity index (χ1v) is 7.62. The summed E-state index contributed by atoms with van der Waals surface area (Å²) in [4.78, 5) is 22.9. The Morgan fingerprint density at radius 1 is 1.31 bits per heavy atom. The van der Waals surface area contributed by atoms with E-state index in [1.165, 1.54) is 12.4 Å². The molecule has 0 aliphatic carbocycles. The first-order valence-electron chi connectivity index (χ1n) is 7.62. The molecule has 3 aromatic rings. The Bertz CT molecular complexity index is 928. The van der Waals surface area contributed by atoms with E-state index in [4.69, 9.17) is 20.3 Å². The van der Waals surface area contributed by atoms with Gasteiger partial charge in [-0.05, 0) is 6.07 Å². The molecule has 0 aliphatic heterocycles. The number of hydrogen-bond donors (Lipinski definition) is 2. The van der Waals surface area contributed by atoms with E-state index in [1.807, 2.05) is 0 Å². The van der Waals surface area contributed by atoms with E-state index in [1.54, 1.807) is 22.8 Å². The monoisotopic (exact) mass is 360 g/mol. The molecule has 2 aromatic heterocycles. The maximum absolute atomic E-state index is 11.1. The van der Waals surface area contributed by atoms with Crippen molar-refractivity contribution in [3.05, 3.63) is 46.3 Å². The van der Waals surface area contributed by atoms with E-state index in [-0.39, 0.29) is 44.1 Å². The van der Waals surface area contributed by atoms with Crippen molar-refractivity contribution < 1.29 is 19.5 Å². The van der Waals surface area contributed by atoms with Crippen LogP contribution >= 0.6 is 0 Å².